The minimum absolute atomic E-state index is 0.121. The van der Waals surface area contributed by atoms with Crippen LogP contribution in [0.3, 0.4) is 0 Å². The molecule has 2 aromatic rings. The zero-order chi connectivity index (χ0) is 16.9. The molecule has 0 radical (unpaired) electrons. The molecular formula is C15H15F3N2O3. The maximum atomic E-state index is 12.0. The molecule has 0 spiro atoms. The van der Waals surface area contributed by atoms with Crippen LogP contribution >= 0.6 is 0 Å². The fraction of sp³-hybridized carbons (Fsp3) is 0.333. The van der Waals surface area contributed by atoms with E-state index in [1.165, 1.54) is 6.07 Å². The molecule has 0 saturated carbocycles. The molecule has 0 fully saturated rings. The van der Waals surface area contributed by atoms with Crippen molar-refractivity contribution in [2.24, 2.45) is 0 Å². The zero-order valence-electron chi connectivity index (χ0n) is 12.3. The van der Waals surface area contributed by atoms with E-state index in [0.29, 0.717) is 11.3 Å². The van der Waals surface area contributed by atoms with Crippen molar-refractivity contribution in [1.29, 1.82) is 0 Å². The summed E-state index contributed by atoms with van der Waals surface area (Å²) < 4.78 is 45.3. The molecule has 1 aromatic heterocycles. The molecule has 2 rings (SSSR count). The number of carbonyl (C=O) groups is 1. The van der Waals surface area contributed by atoms with Crippen LogP contribution in [-0.4, -0.2) is 23.8 Å². The number of amides is 1. The van der Waals surface area contributed by atoms with Gasteiger partial charge in [0.25, 0.3) is 5.91 Å². The number of nitrogens with one attached hydrogen (secondary N) is 1. The fourth-order valence-corrected chi connectivity index (χ4v) is 1.78. The van der Waals surface area contributed by atoms with Gasteiger partial charge in [-0.25, -0.2) is 0 Å². The Bertz CT molecular complexity index is 651. The quantitative estimate of drug-likeness (QED) is 0.885. The second kappa shape index (κ2) is 7.28. The van der Waals surface area contributed by atoms with Crippen LogP contribution in [0.1, 0.15) is 27.4 Å². The second-order valence-corrected chi connectivity index (χ2v) is 4.93. The van der Waals surface area contributed by atoms with E-state index in [-0.39, 0.29) is 24.8 Å². The predicted molar refractivity (Wildman–Crippen MR) is 74.6 cm³/mol. The first-order chi connectivity index (χ1) is 10.8. The highest BCUT2D eigenvalue weighted by atomic mass is 19.4. The molecule has 0 saturated heterocycles. The number of carbonyl (C=O) groups excluding carboxylic acids is 1. The topological polar surface area (TPSA) is 64.4 Å². The van der Waals surface area contributed by atoms with Gasteiger partial charge in [0, 0.05) is 12.6 Å². The molecule has 0 aliphatic carbocycles. The first kappa shape index (κ1) is 17.0. The molecule has 1 N–H and O–H groups in total. The number of halogens is 3. The number of nitrogens with zero attached hydrogens (tertiary/aromatic N) is 1. The summed E-state index contributed by atoms with van der Waals surface area (Å²) in [7, 11) is 0. The summed E-state index contributed by atoms with van der Waals surface area (Å²) >= 11 is 0. The molecule has 0 bridgehead atoms. The van der Waals surface area contributed by atoms with Gasteiger partial charge in [0.15, 0.2) is 5.69 Å². The first-order valence-electron chi connectivity index (χ1n) is 6.77. The average Bonchev–Trinajstić information content (AvgIpc) is 2.91. The van der Waals surface area contributed by atoms with Crippen molar-refractivity contribution in [3.8, 4) is 0 Å². The molecule has 5 nitrogen and oxygen atoms in total. The van der Waals surface area contributed by atoms with Gasteiger partial charge in [-0.15, -0.1) is 0 Å². The highest BCUT2D eigenvalue weighted by Crippen LogP contribution is 2.15. The molecule has 8 heteroatoms. The number of hydrogen-bond donors (Lipinski definition) is 1. The SMILES string of the molecule is Cc1cc(C(=O)NCc2ccc(COCC(F)(F)F)cc2)no1. The third-order valence-electron chi connectivity index (χ3n) is 2.87. The molecule has 23 heavy (non-hydrogen) atoms. The van der Waals surface area contributed by atoms with E-state index < -0.39 is 12.8 Å². The minimum Gasteiger partial charge on any atom is -0.367 e. The van der Waals surface area contributed by atoms with Gasteiger partial charge in [0.05, 0.1) is 6.61 Å². The van der Waals surface area contributed by atoms with Gasteiger partial charge in [-0.2, -0.15) is 13.2 Å². The first-order valence-corrected chi connectivity index (χ1v) is 6.77. The second-order valence-electron chi connectivity index (χ2n) is 4.93. The Balaban J connectivity index is 1.79. The summed E-state index contributed by atoms with van der Waals surface area (Å²) in [5.41, 5.74) is 1.62. The molecule has 124 valence electrons. The monoisotopic (exact) mass is 328 g/mol. The third kappa shape index (κ3) is 5.74. The number of aromatic nitrogens is 1. The van der Waals surface area contributed by atoms with Crippen LogP contribution in [0.5, 0.6) is 0 Å². The lowest BCUT2D eigenvalue weighted by molar-refractivity contribution is -0.176. The summed E-state index contributed by atoms with van der Waals surface area (Å²) in [5.74, 6) is 0.179. The standard InChI is InChI=1S/C15H15F3N2O3/c1-10-6-13(20-23-10)14(21)19-7-11-2-4-12(5-3-11)8-22-9-15(16,17)18/h2-6H,7-9H2,1H3,(H,19,21). The Hall–Kier alpha value is -2.35. The van der Waals surface area contributed by atoms with Gasteiger partial charge in [-0.1, -0.05) is 29.4 Å². The van der Waals surface area contributed by atoms with E-state index in [0.717, 1.165) is 5.56 Å². The average molecular weight is 328 g/mol. The Kier molecular flexibility index (Phi) is 5.38. The van der Waals surface area contributed by atoms with E-state index >= 15 is 0 Å². The summed E-state index contributed by atoms with van der Waals surface area (Å²) in [6.45, 7) is 0.560. The summed E-state index contributed by atoms with van der Waals surface area (Å²) in [6.07, 6.45) is -4.33. The largest absolute Gasteiger partial charge is 0.411 e. The smallest absolute Gasteiger partial charge is 0.367 e. The lowest BCUT2D eigenvalue weighted by Crippen LogP contribution is -2.23. The van der Waals surface area contributed by atoms with Crippen molar-refractivity contribution in [3.63, 3.8) is 0 Å². The van der Waals surface area contributed by atoms with E-state index in [1.54, 1.807) is 31.2 Å². The highest BCUT2D eigenvalue weighted by molar-refractivity contribution is 5.92. The number of benzene rings is 1. The van der Waals surface area contributed by atoms with Crippen LogP contribution in [-0.2, 0) is 17.9 Å². The molecule has 1 amide bonds. The Morgan fingerprint density at radius 2 is 1.91 bits per heavy atom. The molecular weight excluding hydrogens is 313 g/mol. The van der Waals surface area contributed by atoms with E-state index in [2.05, 4.69) is 15.2 Å². The van der Waals surface area contributed by atoms with Crippen molar-refractivity contribution in [2.45, 2.75) is 26.3 Å². The van der Waals surface area contributed by atoms with Gasteiger partial charge >= 0.3 is 6.18 Å². The normalized spacial score (nSPS) is 11.5. The van der Waals surface area contributed by atoms with Crippen LogP contribution in [0.4, 0.5) is 13.2 Å². The Morgan fingerprint density at radius 3 is 2.48 bits per heavy atom. The van der Waals surface area contributed by atoms with Gasteiger partial charge in [0.1, 0.15) is 12.4 Å². The molecule has 0 atom stereocenters. The molecule has 0 unspecified atom stereocenters. The summed E-state index contributed by atoms with van der Waals surface area (Å²) in [4.78, 5) is 11.8. The van der Waals surface area contributed by atoms with E-state index in [9.17, 15) is 18.0 Å². The number of alkyl halides is 3. The number of ether oxygens (including phenoxy) is 1. The van der Waals surface area contributed by atoms with E-state index in [4.69, 9.17) is 4.52 Å². The van der Waals surface area contributed by atoms with Crippen LogP contribution in [0.15, 0.2) is 34.9 Å². The van der Waals surface area contributed by atoms with Crippen molar-refractivity contribution in [1.82, 2.24) is 10.5 Å². The van der Waals surface area contributed by atoms with Crippen molar-refractivity contribution >= 4 is 5.91 Å². The fourth-order valence-electron chi connectivity index (χ4n) is 1.78. The van der Waals surface area contributed by atoms with Crippen LogP contribution in [0.25, 0.3) is 0 Å². The van der Waals surface area contributed by atoms with Crippen LogP contribution < -0.4 is 5.32 Å². The van der Waals surface area contributed by atoms with Crippen molar-refractivity contribution in [2.75, 3.05) is 6.61 Å². The Labute approximate surface area is 130 Å². The highest BCUT2D eigenvalue weighted by Gasteiger charge is 2.27. The lowest BCUT2D eigenvalue weighted by atomic mass is 10.1. The maximum Gasteiger partial charge on any atom is 0.411 e. The molecule has 0 aliphatic heterocycles. The predicted octanol–water partition coefficient (Wildman–Crippen LogP) is 2.99. The zero-order valence-corrected chi connectivity index (χ0v) is 12.3. The molecule has 1 heterocycles. The summed E-state index contributed by atoms with van der Waals surface area (Å²) in [5, 5.41) is 6.27. The summed E-state index contributed by atoms with van der Waals surface area (Å²) in [6, 6.07) is 8.24. The Morgan fingerprint density at radius 1 is 1.26 bits per heavy atom. The van der Waals surface area contributed by atoms with Crippen molar-refractivity contribution < 1.29 is 27.2 Å². The number of hydrogen-bond acceptors (Lipinski definition) is 4. The number of aryl methyl sites for hydroxylation is 1. The minimum atomic E-state index is -4.33. The van der Waals surface area contributed by atoms with Crippen LogP contribution in [0, 0.1) is 6.92 Å². The van der Waals surface area contributed by atoms with Gasteiger partial charge in [-0.3, -0.25) is 4.79 Å². The van der Waals surface area contributed by atoms with Gasteiger partial charge in [0.2, 0.25) is 0 Å². The molecule has 1 aromatic carbocycles. The van der Waals surface area contributed by atoms with E-state index in [1.807, 2.05) is 0 Å². The molecule has 0 aliphatic rings. The van der Waals surface area contributed by atoms with Gasteiger partial charge in [-0.05, 0) is 18.1 Å². The lowest BCUT2D eigenvalue weighted by Gasteiger charge is -2.08. The van der Waals surface area contributed by atoms with Crippen LogP contribution in [0.2, 0.25) is 0 Å². The third-order valence-corrected chi connectivity index (χ3v) is 2.87. The maximum absolute atomic E-state index is 12.0. The number of rotatable bonds is 6. The van der Waals surface area contributed by atoms with Crippen molar-refractivity contribution in [3.05, 3.63) is 52.9 Å². The van der Waals surface area contributed by atoms with Gasteiger partial charge < -0.3 is 14.6 Å².